The lowest BCUT2D eigenvalue weighted by Crippen LogP contribution is -2.12. The Hall–Kier alpha value is -4.42. The van der Waals surface area contributed by atoms with Gasteiger partial charge in [-0.15, -0.1) is 0 Å². The van der Waals surface area contributed by atoms with E-state index < -0.39 is 0 Å². The monoisotopic (exact) mass is 696 g/mol. The molecule has 0 amide bonds. The van der Waals surface area contributed by atoms with Crippen molar-refractivity contribution in [3.8, 4) is 33.8 Å². The predicted molar refractivity (Wildman–Crippen MR) is 197 cm³/mol. The molecular weight excluding hydrogens is 648 g/mol. The molecule has 4 aromatic rings. The van der Waals surface area contributed by atoms with Gasteiger partial charge in [-0.1, -0.05) is 66.8 Å². The van der Waals surface area contributed by atoms with E-state index in [0.717, 1.165) is 39.3 Å². The maximum absolute atomic E-state index is 6.02. The van der Waals surface area contributed by atoms with E-state index >= 15 is 0 Å². The van der Waals surface area contributed by atoms with Crippen LogP contribution in [0.25, 0.3) is 27.8 Å². The van der Waals surface area contributed by atoms with Gasteiger partial charge < -0.3 is 37.9 Å². The fourth-order valence-electron chi connectivity index (χ4n) is 5.46. The van der Waals surface area contributed by atoms with Gasteiger partial charge in [-0.25, -0.2) is 0 Å². The molecule has 5 rings (SSSR count). The minimum Gasteiger partial charge on any atom is -0.489 e. The standard InChI is InChI=1S/C41H48N2O8/c1-44-17-19-46-21-23-48-25-27-50-40-30-42-15-13-38(40)34-7-3-32(4-8-34)36-11-12-37(29-36)33-5-9-35(10-6-33)39-14-16-43-31-41(39)51-28-26-49-24-22-47-20-18-45-2/h3-16,29-31,36H,17-28H2,1-2H3. The molecule has 0 saturated heterocycles. The molecule has 51 heavy (non-hydrogen) atoms. The summed E-state index contributed by atoms with van der Waals surface area (Å²) in [6.07, 6.45) is 13.8. The van der Waals surface area contributed by atoms with Gasteiger partial charge in [0.15, 0.2) is 0 Å². The van der Waals surface area contributed by atoms with Crippen molar-refractivity contribution >= 4 is 5.57 Å². The highest BCUT2D eigenvalue weighted by atomic mass is 16.6. The highest BCUT2D eigenvalue weighted by molar-refractivity contribution is 5.80. The van der Waals surface area contributed by atoms with E-state index in [0.29, 0.717) is 79.3 Å². The van der Waals surface area contributed by atoms with Gasteiger partial charge in [-0.2, -0.15) is 0 Å². The third kappa shape index (κ3) is 12.1. The summed E-state index contributed by atoms with van der Waals surface area (Å²) >= 11 is 0. The second-order valence-electron chi connectivity index (χ2n) is 11.6. The van der Waals surface area contributed by atoms with Gasteiger partial charge in [0.2, 0.25) is 0 Å². The number of nitrogens with zero attached hydrogens (tertiary/aromatic N) is 2. The van der Waals surface area contributed by atoms with Gasteiger partial charge in [0, 0.05) is 43.7 Å². The lowest BCUT2D eigenvalue weighted by Gasteiger charge is -2.13. The summed E-state index contributed by atoms with van der Waals surface area (Å²) in [5, 5.41) is 0. The summed E-state index contributed by atoms with van der Waals surface area (Å²) in [6, 6.07) is 21.1. The molecule has 0 saturated carbocycles. The minimum absolute atomic E-state index is 0.192. The Balaban J connectivity index is 1.11. The minimum atomic E-state index is 0.192. The second kappa shape index (κ2) is 21.7. The largest absolute Gasteiger partial charge is 0.489 e. The quantitative estimate of drug-likeness (QED) is 0.0740. The lowest BCUT2D eigenvalue weighted by atomic mass is 9.96. The molecular formula is C41H48N2O8. The van der Waals surface area contributed by atoms with Gasteiger partial charge in [-0.05, 0) is 40.0 Å². The van der Waals surface area contributed by atoms with Gasteiger partial charge >= 0.3 is 0 Å². The molecule has 0 radical (unpaired) electrons. The first kappa shape index (κ1) is 37.8. The van der Waals surface area contributed by atoms with E-state index in [1.165, 1.54) is 11.1 Å². The molecule has 1 atom stereocenters. The van der Waals surface area contributed by atoms with Gasteiger partial charge in [-0.3, -0.25) is 9.97 Å². The number of methoxy groups -OCH3 is 2. The highest BCUT2D eigenvalue weighted by Crippen LogP contribution is 2.36. The summed E-state index contributed by atoms with van der Waals surface area (Å²) in [5.41, 5.74) is 7.69. The maximum atomic E-state index is 6.02. The zero-order valence-electron chi connectivity index (χ0n) is 29.5. The molecule has 2 heterocycles. The number of benzene rings is 2. The maximum Gasteiger partial charge on any atom is 0.145 e. The molecule has 0 spiro atoms. The average molecular weight is 697 g/mol. The van der Waals surface area contributed by atoms with Crippen molar-refractivity contribution in [2.45, 2.75) is 5.92 Å². The zero-order valence-corrected chi connectivity index (χ0v) is 29.5. The van der Waals surface area contributed by atoms with Crippen LogP contribution in [0.1, 0.15) is 17.0 Å². The van der Waals surface area contributed by atoms with Crippen LogP contribution >= 0.6 is 0 Å². The molecule has 2 aromatic carbocycles. The summed E-state index contributed by atoms with van der Waals surface area (Å²) in [7, 11) is 3.31. The Bertz CT molecular complexity index is 1640. The number of pyridine rings is 2. The van der Waals surface area contributed by atoms with Crippen molar-refractivity contribution in [3.63, 3.8) is 0 Å². The molecule has 270 valence electrons. The van der Waals surface area contributed by atoms with E-state index in [4.69, 9.17) is 37.9 Å². The van der Waals surface area contributed by atoms with Crippen LogP contribution in [-0.4, -0.2) is 103 Å². The Kier molecular flexibility index (Phi) is 16.1. The summed E-state index contributed by atoms with van der Waals surface area (Å²) in [5.74, 6) is 1.65. The molecule has 10 heteroatoms. The summed E-state index contributed by atoms with van der Waals surface area (Å²) < 4.78 is 44.1. The highest BCUT2D eigenvalue weighted by Gasteiger charge is 2.15. The van der Waals surface area contributed by atoms with Gasteiger partial charge in [0.1, 0.15) is 24.7 Å². The molecule has 1 aliphatic carbocycles. The predicted octanol–water partition coefficient (Wildman–Crippen LogP) is 6.66. The van der Waals surface area contributed by atoms with Crippen molar-refractivity contribution in [2.75, 3.05) is 93.5 Å². The smallest absolute Gasteiger partial charge is 0.145 e. The molecule has 0 aliphatic heterocycles. The Morgan fingerprint density at radius 3 is 1.41 bits per heavy atom. The molecule has 10 nitrogen and oxygen atoms in total. The topological polar surface area (TPSA) is 99.6 Å². The van der Waals surface area contributed by atoms with Crippen molar-refractivity contribution < 1.29 is 37.9 Å². The van der Waals surface area contributed by atoms with E-state index in [1.807, 2.05) is 12.1 Å². The summed E-state index contributed by atoms with van der Waals surface area (Å²) in [4.78, 5) is 8.53. The van der Waals surface area contributed by atoms with Crippen molar-refractivity contribution in [1.82, 2.24) is 9.97 Å². The van der Waals surface area contributed by atoms with Crippen LogP contribution in [0.3, 0.4) is 0 Å². The average Bonchev–Trinajstić information content (AvgIpc) is 3.68. The van der Waals surface area contributed by atoms with Gasteiger partial charge in [0.25, 0.3) is 0 Å². The number of aromatic nitrogens is 2. The van der Waals surface area contributed by atoms with Crippen LogP contribution in [0.5, 0.6) is 11.5 Å². The first-order valence-corrected chi connectivity index (χ1v) is 17.3. The number of hydrogen-bond donors (Lipinski definition) is 0. The SMILES string of the molecule is COCCOCCOCCOc1cnccc1-c1ccc(C2=CC(c3ccc(-c4ccncc4OCCOCCOCCOC)cc3)C=C2)cc1. The first-order valence-electron chi connectivity index (χ1n) is 17.3. The Morgan fingerprint density at radius 2 is 0.922 bits per heavy atom. The van der Waals surface area contributed by atoms with Crippen LogP contribution in [-0.2, 0) is 28.4 Å². The van der Waals surface area contributed by atoms with E-state index in [-0.39, 0.29) is 5.92 Å². The number of rotatable bonds is 24. The third-order valence-corrected chi connectivity index (χ3v) is 8.13. The van der Waals surface area contributed by atoms with Crippen LogP contribution in [0.2, 0.25) is 0 Å². The van der Waals surface area contributed by atoms with E-state index in [9.17, 15) is 0 Å². The molecule has 0 N–H and O–H groups in total. The zero-order chi connectivity index (χ0) is 35.4. The fourth-order valence-corrected chi connectivity index (χ4v) is 5.46. The van der Waals surface area contributed by atoms with Crippen molar-refractivity contribution in [2.24, 2.45) is 0 Å². The van der Waals surface area contributed by atoms with E-state index in [2.05, 4.69) is 76.7 Å². The summed E-state index contributed by atoms with van der Waals surface area (Å²) in [6.45, 7) is 6.15. The van der Waals surface area contributed by atoms with Crippen LogP contribution in [0, 0.1) is 0 Å². The Labute approximate surface area is 300 Å². The molecule has 0 fully saturated rings. The van der Waals surface area contributed by atoms with Crippen molar-refractivity contribution in [3.05, 3.63) is 115 Å². The van der Waals surface area contributed by atoms with Gasteiger partial charge in [0.05, 0.1) is 78.5 Å². The molecule has 0 bridgehead atoms. The van der Waals surface area contributed by atoms with Crippen molar-refractivity contribution in [1.29, 1.82) is 0 Å². The molecule has 2 aromatic heterocycles. The number of ether oxygens (including phenoxy) is 8. The molecule has 1 unspecified atom stereocenters. The second-order valence-corrected chi connectivity index (χ2v) is 11.6. The van der Waals surface area contributed by atoms with Crippen LogP contribution in [0.15, 0.2) is 104 Å². The first-order chi connectivity index (χ1) is 25.3. The number of allylic oxidation sites excluding steroid dienone is 4. The number of hydrogen-bond acceptors (Lipinski definition) is 10. The fraction of sp³-hybridized carbons (Fsp3) is 0.366. The Morgan fingerprint density at radius 1 is 0.490 bits per heavy atom. The molecule has 1 aliphatic rings. The third-order valence-electron chi connectivity index (χ3n) is 8.13. The normalized spacial score (nSPS) is 13.8. The van der Waals surface area contributed by atoms with E-state index in [1.54, 1.807) is 39.0 Å². The van der Waals surface area contributed by atoms with Crippen LogP contribution < -0.4 is 9.47 Å². The lowest BCUT2D eigenvalue weighted by molar-refractivity contribution is 0.0180. The van der Waals surface area contributed by atoms with Crippen LogP contribution in [0.4, 0.5) is 0 Å².